The van der Waals surface area contributed by atoms with E-state index >= 15 is 0 Å². The number of nitrogens with zero attached hydrogens (tertiary/aromatic N) is 2. The lowest BCUT2D eigenvalue weighted by Crippen LogP contribution is -2.13. The lowest BCUT2D eigenvalue weighted by molar-refractivity contribution is -0.384. The predicted molar refractivity (Wildman–Crippen MR) is 148 cm³/mol. The summed E-state index contributed by atoms with van der Waals surface area (Å²) >= 11 is 10.3. The molecule has 172 valence electrons. The smallest absolute Gasteiger partial charge is 0.271 e. The van der Waals surface area contributed by atoms with Crippen LogP contribution in [0.5, 0.6) is 5.75 Å². The highest BCUT2D eigenvalue weighted by Gasteiger charge is 2.16. The maximum absolute atomic E-state index is 12.6. The van der Waals surface area contributed by atoms with E-state index in [0.29, 0.717) is 12.2 Å². The van der Waals surface area contributed by atoms with Crippen molar-refractivity contribution in [3.05, 3.63) is 99.1 Å². The van der Waals surface area contributed by atoms with Gasteiger partial charge in [0.25, 0.3) is 11.6 Å². The molecule has 0 saturated carbocycles. The fraction of sp³-hybridized carbons (Fsp3) is 0.0833. The quantitative estimate of drug-likeness (QED) is 0.0951. The van der Waals surface area contributed by atoms with Crippen molar-refractivity contribution >= 4 is 80.1 Å². The van der Waals surface area contributed by atoms with Gasteiger partial charge >= 0.3 is 0 Å². The van der Waals surface area contributed by atoms with Crippen molar-refractivity contribution in [3.8, 4) is 11.8 Å². The van der Waals surface area contributed by atoms with Gasteiger partial charge < -0.3 is 10.1 Å². The summed E-state index contributed by atoms with van der Waals surface area (Å²) < 4.78 is 7.68. The predicted octanol–water partition coefficient (Wildman–Crippen LogP) is 6.89. The van der Waals surface area contributed by atoms with Crippen LogP contribution in [0, 0.1) is 35.5 Å². The number of nitrogens with one attached hydrogen (secondary N) is 1. The highest BCUT2D eigenvalue weighted by molar-refractivity contribution is 14.1. The third-order valence-corrected chi connectivity index (χ3v) is 6.49. The summed E-state index contributed by atoms with van der Waals surface area (Å²) in [6.07, 6.45) is 1.46. The molecule has 0 fully saturated rings. The lowest BCUT2D eigenvalue weighted by Gasteiger charge is -2.12. The van der Waals surface area contributed by atoms with Crippen molar-refractivity contribution in [3.63, 3.8) is 0 Å². The van der Waals surface area contributed by atoms with E-state index in [1.165, 1.54) is 18.2 Å². The maximum Gasteiger partial charge on any atom is 0.271 e. The number of rotatable bonds is 7. The second kappa shape index (κ2) is 11.6. The van der Waals surface area contributed by atoms with Gasteiger partial charge in [0, 0.05) is 12.1 Å². The van der Waals surface area contributed by atoms with Crippen LogP contribution in [0.15, 0.2) is 60.2 Å². The van der Waals surface area contributed by atoms with Gasteiger partial charge in [-0.25, -0.2) is 0 Å². The Bertz CT molecular complexity index is 1330. The average Bonchev–Trinajstić information content (AvgIpc) is 2.78. The Morgan fingerprint density at radius 1 is 1.21 bits per heavy atom. The maximum atomic E-state index is 12.6. The number of hydrogen-bond donors (Lipinski definition) is 1. The number of halogens is 3. The van der Waals surface area contributed by atoms with Crippen LogP contribution in [-0.2, 0) is 11.4 Å². The Balaban J connectivity index is 1.78. The zero-order chi connectivity index (χ0) is 24.8. The van der Waals surface area contributed by atoms with E-state index in [1.54, 1.807) is 0 Å². The molecule has 3 aromatic carbocycles. The molecule has 34 heavy (non-hydrogen) atoms. The van der Waals surface area contributed by atoms with Crippen LogP contribution >= 0.6 is 56.8 Å². The van der Waals surface area contributed by atoms with Crippen LogP contribution in [-0.4, -0.2) is 10.8 Å². The van der Waals surface area contributed by atoms with E-state index in [1.807, 2.05) is 43.3 Å². The molecule has 0 aliphatic heterocycles. The van der Waals surface area contributed by atoms with Crippen molar-refractivity contribution < 1.29 is 14.5 Å². The fourth-order valence-corrected chi connectivity index (χ4v) is 5.33. The van der Waals surface area contributed by atoms with Crippen molar-refractivity contribution in [1.29, 1.82) is 5.26 Å². The lowest BCUT2D eigenvalue weighted by atomic mass is 10.1. The van der Waals surface area contributed by atoms with Crippen LogP contribution in [0.3, 0.4) is 0 Å². The van der Waals surface area contributed by atoms with Gasteiger partial charge in [-0.3, -0.25) is 14.9 Å². The van der Waals surface area contributed by atoms with Crippen molar-refractivity contribution in [2.75, 3.05) is 5.32 Å². The number of nitro groups is 1. The second-order valence-electron chi connectivity index (χ2n) is 7.14. The van der Waals surface area contributed by atoms with Crippen molar-refractivity contribution in [2.24, 2.45) is 0 Å². The molecule has 0 bridgehead atoms. The van der Waals surface area contributed by atoms with Gasteiger partial charge in [-0.05, 0) is 87.5 Å². The van der Waals surface area contributed by atoms with E-state index in [4.69, 9.17) is 16.3 Å². The van der Waals surface area contributed by atoms with Crippen LogP contribution in [0.1, 0.15) is 16.7 Å². The third-order valence-electron chi connectivity index (χ3n) is 4.57. The Kier molecular flexibility index (Phi) is 8.87. The van der Waals surface area contributed by atoms with Crippen LogP contribution < -0.4 is 10.1 Å². The van der Waals surface area contributed by atoms with Crippen molar-refractivity contribution in [1.82, 2.24) is 0 Å². The number of carbonyl (C=O) groups excluding carboxylic acids is 1. The minimum absolute atomic E-state index is 0.000881. The number of anilines is 1. The second-order valence-corrected chi connectivity index (χ2v) is 9.87. The number of benzene rings is 3. The minimum atomic E-state index is -0.678. The molecule has 0 aliphatic carbocycles. The summed E-state index contributed by atoms with van der Waals surface area (Å²) in [6.45, 7) is 2.45. The molecule has 0 radical (unpaired) electrons. The molecule has 3 rings (SSSR count). The number of non-ortho nitro benzene ring substituents is 1. The number of nitriles is 1. The monoisotopic (exact) mass is 699 g/mol. The Hall–Kier alpha value is -2.69. The van der Waals surface area contributed by atoms with Gasteiger partial charge in [0.15, 0.2) is 0 Å². The molecule has 1 N–H and O–H groups in total. The van der Waals surface area contributed by atoms with Crippen LogP contribution in [0.4, 0.5) is 11.4 Å². The number of aryl methyl sites for hydroxylation is 1. The molecular formula is C24H16ClI2N3O4. The molecule has 0 aromatic heterocycles. The Labute approximate surface area is 228 Å². The molecule has 0 saturated heterocycles. The van der Waals surface area contributed by atoms with E-state index in [2.05, 4.69) is 56.6 Å². The molecule has 0 spiro atoms. The molecular weight excluding hydrogens is 684 g/mol. The van der Waals surface area contributed by atoms with Gasteiger partial charge in [0.2, 0.25) is 0 Å². The van der Waals surface area contributed by atoms with E-state index in [9.17, 15) is 20.2 Å². The summed E-state index contributed by atoms with van der Waals surface area (Å²) in [5, 5.41) is 22.9. The summed E-state index contributed by atoms with van der Waals surface area (Å²) in [5.74, 6) is 0.0449. The Morgan fingerprint density at radius 3 is 2.50 bits per heavy atom. The zero-order valence-corrected chi connectivity index (χ0v) is 22.7. The van der Waals surface area contributed by atoms with Gasteiger partial charge in [-0.1, -0.05) is 41.4 Å². The Morgan fingerprint density at radius 2 is 1.91 bits per heavy atom. The number of carbonyl (C=O) groups is 1. The fourth-order valence-electron chi connectivity index (χ4n) is 2.98. The van der Waals surface area contributed by atoms with Gasteiger partial charge in [0.1, 0.15) is 24.0 Å². The van der Waals surface area contributed by atoms with E-state index in [-0.39, 0.29) is 22.0 Å². The number of nitro benzene ring substituents is 1. The zero-order valence-electron chi connectivity index (χ0n) is 17.6. The summed E-state index contributed by atoms with van der Waals surface area (Å²) in [4.78, 5) is 22.9. The number of ether oxygens (including phenoxy) is 1. The van der Waals surface area contributed by atoms with Crippen LogP contribution in [0.2, 0.25) is 5.02 Å². The third kappa shape index (κ3) is 6.68. The SMILES string of the molecule is Cc1cccc(COc2c(I)cc(C=C(C#N)C(=O)Nc3ccc([N+](=O)[O-])cc3Cl)cc2I)c1. The van der Waals surface area contributed by atoms with E-state index in [0.717, 1.165) is 30.1 Å². The first-order valence-corrected chi connectivity index (χ1v) is 12.3. The first-order valence-electron chi connectivity index (χ1n) is 9.72. The molecule has 0 atom stereocenters. The summed E-state index contributed by atoms with van der Waals surface area (Å²) in [5.41, 5.74) is 2.69. The van der Waals surface area contributed by atoms with Gasteiger partial charge in [0.05, 0.1) is 22.8 Å². The molecule has 3 aromatic rings. The largest absolute Gasteiger partial charge is 0.487 e. The summed E-state index contributed by atoms with van der Waals surface area (Å²) in [7, 11) is 0. The molecule has 0 aliphatic rings. The molecule has 7 nitrogen and oxygen atoms in total. The first-order chi connectivity index (χ1) is 16.2. The number of hydrogen-bond acceptors (Lipinski definition) is 5. The highest BCUT2D eigenvalue weighted by Crippen LogP contribution is 2.31. The average molecular weight is 700 g/mol. The molecule has 0 heterocycles. The number of amides is 1. The van der Waals surface area contributed by atoms with Crippen molar-refractivity contribution in [2.45, 2.75) is 13.5 Å². The topological polar surface area (TPSA) is 105 Å². The molecule has 1 amide bonds. The van der Waals surface area contributed by atoms with Gasteiger partial charge in [-0.2, -0.15) is 5.26 Å². The van der Waals surface area contributed by atoms with Gasteiger partial charge in [-0.15, -0.1) is 0 Å². The minimum Gasteiger partial charge on any atom is -0.487 e. The molecule has 0 unspecified atom stereocenters. The van der Waals surface area contributed by atoms with E-state index < -0.39 is 10.8 Å². The highest BCUT2D eigenvalue weighted by atomic mass is 127. The standard InChI is InChI=1S/C24H16ClI2N3O4/c1-14-3-2-4-15(7-14)13-34-23-20(26)9-16(10-21(23)27)8-17(12-28)24(31)29-22-6-5-18(30(32)33)11-19(22)25/h2-11H,13H2,1H3,(H,29,31). The van der Waals surface area contributed by atoms with Crippen LogP contribution in [0.25, 0.3) is 6.08 Å². The first kappa shape index (κ1) is 25.9. The normalized spacial score (nSPS) is 11.0. The summed E-state index contributed by atoms with van der Waals surface area (Å²) in [6, 6.07) is 17.3. The molecule has 10 heteroatoms.